The molecule has 3 heteroatoms. The minimum Gasteiger partial charge on any atom is -0.489 e. The van der Waals surface area contributed by atoms with Crippen molar-refractivity contribution >= 4 is 0 Å². The van der Waals surface area contributed by atoms with Crippen LogP contribution in [0.15, 0.2) is 59.1 Å². The summed E-state index contributed by atoms with van der Waals surface area (Å²) in [5, 5.41) is 4.00. The highest BCUT2D eigenvalue weighted by molar-refractivity contribution is 5.59. The second-order valence-corrected chi connectivity index (χ2v) is 5.12. The van der Waals surface area contributed by atoms with Gasteiger partial charge in [0.1, 0.15) is 23.8 Å². The summed E-state index contributed by atoms with van der Waals surface area (Å²) in [6, 6.07) is 18.2. The van der Waals surface area contributed by atoms with E-state index in [9.17, 15) is 0 Å². The van der Waals surface area contributed by atoms with Crippen molar-refractivity contribution in [3.63, 3.8) is 0 Å². The maximum Gasteiger partial charge on any atom is 0.134 e. The fourth-order valence-corrected chi connectivity index (χ4v) is 2.08. The molecule has 0 unspecified atom stereocenters. The standard InChI is InChI=1S/C18H17NO2/c1-13-3-5-15(6-4-13)12-20-17-9-7-16(8-10-17)18-11-14(2)21-19-18/h3-11H,12H2,1-2H3. The molecule has 0 aliphatic rings. The highest BCUT2D eigenvalue weighted by atomic mass is 16.5. The van der Waals surface area contributed by atoms with Gasteiger partial charge in [0.25, 0.3) is 0 Å². The molecule has 0 aliphatic carbocycles. The molecular weight excluding hydrogens is 262 g/mol. The predicted molar refractivity (Wildman–Crippen MR) is 82.2 cm³/mol. The Morgan fingerprint density at radius 1 is 0.952 bits per heavy atom. The average Bonchev–Trinajstić information content (AvgIpc) is 2.94. The van der Waals surface area contributed by atoms with E-state index in [0.29, 0.717) is 6.61 Å². The highest BCUT2D eigenvalue weighted by Crippen LogP contribution is 2.22. The lowest BCUT2D eigenvalue weighted by Crippen LogP contribution is -1.95. The molecule has 3 rings (SSSR count). The fraction of sp³-hybridized carbons (Fsp3) is 0.167. The van der Waals surface area contributed by atoms with Gasteiger partial charge in [-0.3, -0.25) is 0 Å². The molecule has 0 atom stereocenters. The van der Waals surface area contributed by atoms with Gasteiger partial charge >= 0.3 is 0 Å². The molecule has 3 aromatic rings. The normalized spacial score (nSPS) is 10.6. The molecule has 106 valence electrons. The van der Waals surface area contributed by atoms with E-state index in [1.54, 1.807) is 0 Å². The molecule has 0 bridgehead atoms. The predicted octanol–water partition coefficient (Wildman–Crippen LogP) is 4.54. The van der Waals surface area contributed by atoms with Gasteiger partial charge in [-0.2, -0.15) is 0 Å². The first-order chi connectivity index (χ1) is 10.2. The van der Waals surface area contributed by atoms with Crippen LogP contribution in [-0.2, 0) is 6.61 Å². The number of ether oxygens (including phenoxy) is 1. The van der Waals surface area contributed by atoms with Gasteiger partial charge in [0.05, 0.1) is 0 Å². The van der Waals surface area contributed by atoms with E-state index in [1.165, 1.54) is 5.56 Å². The molecule has 3 nitrogen and oxygen atoms in total. The smallest absolute Gasteiger partial charge is 0.134 e. The van der Waals surface area contributed by atoms with Crippen molar-refractivity contribution in [1.82, 2.24) is 5.16 Å². The van der Waals surface area contributed by atoms with Gasteiger partial charge in [-0.05, 0) is 43.7 Å². The number of hydrogen-bond acceptors (Lipinski definition) is 3. The summed E-state index contributed by atoms with van der Waals surface area (Å²) in [6.45, 7) is 4.53. The number of rotatable bonds is 4. The van der Waals surface area contributed by atoms with Crippen LogP contribution in [0.2, 0.25) is 0 Å². The molecule has 0 radical (unpaired) electrons. The zero-order valence-electron chi connectivity index (χ0n) is 12.2. The van der Waals surface area contributed by atoms with Crippen LogP contribution < -0.4 is 4.74 Å². The van der Waals surface area contributed by atoms with Crippen molar-refractivity contribution < 1.29 is 9.26 Å². The molecular formula is C18H17NO2. The van der Waals surface area contributed by atoms with Gasteiger partial charge in [-0.1, -0.05) is 35.0 Å². The van der Waals surface area contributed by atoms with E-state index in [2.05, 4.69) is 36.3 Å². The second kappa shape index (κ2) is 5.83. The number of hydrogen-bond donors (Lipinski definition) is 0. The van der Waals surface area contributed by atoms with Crippen LogP contribution >= 0.6 is 0 Å². The average molecular weight is 279 g/mol. The van der Waals surface area contributed by atoms with Crippen molar-refractivity contribution in [2.75, 3.05) is 0 Å². The van der Waals surface area contributed by atoms with Crippen molar-refractivity contribution in [2.24, 2.45) is 0 Å². The Hall–Kier alpha value is -2.55. The summed E-state index contributed by atoms with van der Waals surface area (Å²) in [5.74, 6) is 1.66. The summed E-state index contributed by atoms with van der Waals surface area (Å²) in [4.78, 5) is 0. The fourth-order valence-electron chi connectivity index (χ4n) is 2.08. The lowest BCUT2D eigenvalue weighted by molar-refractivity contribution is 0.306. The second-order valence-electron chi connectivity index (χ2n) is 5.12. The van der Waals surface area contributed by atoms with Gasteiger partial charge in [0.2, 0.25) is 0 Å². The maximum absolute atomic E-state index is 5.78. The quantitative estimate of drug-likeness (QED) is 0.703. The molecule has 0 spiro atoms. The van der Waals surface area contributed by atoms with E-state index in [0.717, 1.165) is 28.3 Å². The van der Waals surface area contributed by atoms with E-state index in [1.807, 2.05) is 37.3 Å². The lowest BCUT2D eigenvalue weighted by atomic mass is 10.1. The van der Waals surface area contributed by atoms with E-state index >= 15 is 0 Å². The number of benzene rings is 2. The molecule has 0 saturated heterocycles. The summed E-state index contributed by atoms with van der Waals surface area (Å²) >= 11 is 0. The molecule has 1 aromatic heterocycles. The van der Waals surface area contributed by atoms with Crippen molar-refractivity contribution in [3.05, 3.63) is 71.5 Å². The first-order valence-electron chi connectivity index (χ1n) is 6.93. The van der Waals surface area contributed by atoms with E-state index in [4.69, 9.17) is 9.26 Å². The Morgan fingerprint density at radius 3 is 2.29 bits per heavy atom. The minimum absolute atomic E-state index is 0.572. The van der Waals surface area contributed by atoms with Crippen LogP contribution in [-0.4, -0.2) is 5.16 Å². The van der Waals surface area contributed by atoms with Crippen LogP contribution in [0.5, 0.6) is 5.75 Å². The first kappa shape index (κ1) is 13.4. The highest BCUT2D eigenvalue weighted by Gasteiger charge is 2.04. The van der Waals surface area contributed by atoms with Crippen LogP contribution in [0.4, 0.5) is 0 Å². The van der Waals surface area contributed by atoms with Crippen molar-refractivity contribution in [3.8, 4) is 17.0 Å². The molecule has 0 aliphatic heterocycles. The van der Waals surface area contributed by atoms with Crippen molar-refractivity contribution in [2.45, 2.75) is 20.5 Å². The Bertz CT molecular complexity index is 712. The largest absolute Gasteiger partial charge is 0.489 e. The van der Waals surface area contributed by atoms with Gasteiger partial charge in [0, 0.05) is 11.6 Å². The number of aromatic nitrogens is 1. The van der Waals surface area contributed by atoms with E-state index in [-0.39, 0.29) is 0 Å². The molecule has 1 heterocycles. The van der Waals surface area contributed by atoms with Gasteiger partial charge in [-0.25, -0.2) is 0 Å². The first-order valence-corrected chi connectivity index (χ1v) is 6.93. The molecule has 0 saturated carbocycles. The van der Waals surface area contributed by atoms with Crippen LogP contribution in [0.25, 0.3) is 11.3 Å². The van der Waals surface area contributed by atoms with Crippen molar-refractivity contribution in [1.29, 1.82) is 0 Å². The molecule has 21 heavy (non-hydrogen) atoms. The van der Waals surface area contributed by atoms with E-state index < -0.39 is 0 Å². The zero-order valence-corrected chi connectivity index (χ0v) is 12.2. The zero-order chi connectivity index (χ0) is 14.7. The van der Waals surface area contributed by atoms with Crippen LogP contribution in [0.3, 0.4) is 0 Å². The van der Waals surface area contributed by atoms with Gasteiger partial charge in [-0.15, -0.1) is 0 Å². The molecule has 0 amide bonds. The van der Waals surface area contributed by atoms with Gasteiger partial charge < -0.3 is 9.26 Å². The third kappa shape index (κ3) is 3.31. The summed E-state index contributed by atoms with van der Waals surface area (Å²) < 4.78 is 10.9. The summed E-state index contributed by atoms with van der Waals surface area (Å²) in [7, 11) is 0. The van der Waals surface area contributed by atoms with Gasteiger partial charge in [0.15, 0.2) is 0 Å². The third-order valence-corrected chi connectivity index (χ3v) is 3.30. The monoisotopic (exact) mass is 279 g/mol. The molecule has 2 aromatic carbocycles. The minimum atomic E-state index is 0.572. The topological polar surface area (TPSA) is 35.3 Å². The molecule has 0 N–H and O–H groups in total. The maximum atomic E-state index is 5.78. The summed E-state index contributed by atoms with van der Waals surface area (Å²) in [5.41, 5.74) is 4.29. The third-order valence-electron chi connectivity index (χ3n) is 3.30. The Balaban J connectivity index is 1.65. The Morgan fingerprint density at radius 2 is 1.67 bits per heavy atom. The number of aryl methyl sites for hydroxylation is 2. The number of nitrogens with zero attached hydrogens (tertiary/aromatic N) is 1. The SMILES string of the molecule is Cc1ccc(COc2ccc(-c3cc(C)on3)cc2)cc1. The van der Waals surface area contributed by atoms with Crippen LogP contribution in [0, 0.1) is 13.8 Å². The Labute approximate surface area is 124 Å². The lowest BCUT2D eigenvalue weighted by Gasteiger charge is -2.07. The van der Waals surface area contributed by atoms with Crippen LogP contribution in [0.1, 0.15) is 16.9 Å². The Kier molecular flexibility index (Phi) is 3.73. The molecule has 0 fully saturated rings. The summed E-state index contributed by atoms with van der Waals surface area (Å²) in [6.07, 6.45) is 0.